The Kier molecular flexibility index (Phi) is 5.35. The summed E-state index contributed by atoms with van der Waals surface area (Å²) in [7, 11) is 0. The smallest absolute Gasteiger partial charge is 0.422 e. The van der Waals surface area contributed by atoms with Gasteiger partial charge in [-0.1, -0.05) is 12.1 Å². The first-order valence-electron chi connectivity index (χ1n) is 7.24. The number of carbonyl (C=O) groups is 1. The second-order valence-corrected chi connectivity index (χ2v) is 5.50. The Bertz CT molecular complexity index is 541. The third-order valence-corrected chi connectivity index (χ3v) is 3.27. The van der Waals surface area contributed by atoms with Crippen molar-refractivity contribution in [3.8, 4) is 0 Å². The van der Waals surface area contributed by atoms with Gasteiger partial charge in [-0.05, 0) is 26.0 Å². The molecule has 5 nitrogen and oxygen atoms in total. The van der Waals surface area contributed by atoms with Crippen LogP contribution in [0.1, 0.15) is 13.8 Å². The molecule has 0 bridgehead atoms. The number of anilines is 2. The molecular formula is C15H19F3N2O3. The lowest BCUT2D eigenvalue weighted by molar-refractivity contribution is -0.159. The van der Waals surface area contributed by atoms with Crippen molar-refractivity contribution in [3.63, 3.8) is 0 Å². The molecule has 23 heavy (non-hydrogen) atoms. The van der Waals surface area contributed by atoms with Gasteiger partial charge in [-0.25, -0.2) is 4.79 Å². The molecule has 1 saturated heterocycles. The van der Waals surface area contributed by atoms with E-state index in [1.807, 2.05) is 18.7 Å². The molecule has 0 aromatic heterocycles. The highest BCUT2D eigenvalue weighted by Crippen LogP contribution is 2.28. The molecule has 2 rings (SSSR count). The van der Waals surface area contributed by atoms with Crippen LogP contribution in [0.25, 0.3) is 0 Å². The minimum atomic E-state index is -4.55. The Morgan fingerprint density at radius 1 is 1.30 bits per heavy atom. The van der Waals surface area contributed by atoms with Crippen LogP contribution in [-0.2, 0) is 9.47 Å². The highest BCUT2D eigenvalue weighted by Gasteiger charge is 2.30. The summed E-state index contributed by atoms with van der Waals surface area (Å²) in [5.41, 5.74) is 1.12. The van der Waals surface area contributed by atoms with Gasteiger partial charge < -0.3 is 14.4 Å². The average Bonchev–Trinajstić information content (AvgIpc) is 2.44. The highest BCUT2D eigenvalue weighted by atomic mass is 19.4. The lowest BCUT2D eigenvalue weighted by Crippen LogP contribution is -2.45. The van der Waals surface area contributed by atoms with Gasteiger partial charge in [0.1, 0.15) is 0 Å². The normalized spacial score (nSPS) is 21.9. The van der Waals surface area contributed by atoms with Crippen molar-refractivity contribution in [1.82, 2.24) is 0 Å². The molecule has 0 aliphatic carbocycles. The van der Waals surface area contributed by atoms with Crippen molar-refractivity contribution in [2.45, 2.75) is 32.2 Å². The fourth-order valence-corrected chi connectivity index (χ4v) is 2.52. The summed E-state index contributed by atoms with van der Waals surface area (Å²) < 4.78 is 46.1. The Morgan fingerprint density at radius 3 is 2.52 bits per heavy atom. The first kappa shape index (κ1) is 17.4. The van der Waals surface area contributed by atoms with Crippen LogP contribution < -0.4 is 10.2 Å². The fourth-order valence-electron chi connectivity index (χ4n) is 2.52. The van der Waals surface area contributed by atoms with Crippen LogP contribution in [0, 0.1) is 0 Å². The molecule has 0 spiro atoms. The van der Waals surface area contributed by atoms with Gasteiger partial charge in [0.25, 0.3) is 0 Å². The summed E-state index contributed by atoms with van der Waals surface area (Å²) in [5, 5.41) is 2.37. The van der Waals surface area contributed by atoms with Crippen molar-refractivity contribution in [1.29, 1.82) is 0 Å². The van der Waals surface area contributed by atoms with E-state index in [1.165, 1.54) is 0 Å². The number of nitrogens with zero attached hydrogens (tertiary/aromatic N) is 1. The van der Waals surface area contributed by atoms with Crippen molar-refractivity contribution in [2.75, 3.05) is 29.9 Å². The van der Waals surface area contributed by atoms with E-state index >= 15 is 0 Å². The zero-order chi connectivity index (χ0) is 17.0. The molecule has 1 heterocycles. The number of hydrogen-bond acceptors (Lipinski definition) is 4. The molecule has 0 radical (unpaired) electrons. The van der Waals surface area contributed by atoms with E-state index < -0.39 is 18.9 Å². The Balaban J connectivity index is 2.07. The van der Waals surface area contributed by atoms with Crippen LogP contribution in [-0.4, -0.2) is 44.2 Å². The first-order chi connectivity index (χ1) is 10.7. The van der Waals surface area contributed by atoms with Gasteiger partial charge in [-0.15, -0.1) is 0 Å². The number of halogens is 3. The molecule has 1 aliphatic heterocycles. The minimum absolute atomic E-state index is 0.0176. The van der Waals surface area contributed by atoms with E-state index in [2.05, 4.69) is 10.1 Å². The number of carbonyl (C=O) groups excluding carboxylic acids is 1. The van der Waals surface area contributed by atoms with E-state index in [9.17, 15) is 18.0 Å². The number of rotatable bonds is 3. The van der Waals surface area contributed by atoms with E-state index in [4.69, 9.17) is 4.74 Å². The molecule has 1 aliphatic rings. The quantitative estimate of drug-likeness (QED) is 0.922. The molecule has 1 amide bonds. The summed E-state index contributed by atoms with van der Waals surface area (Å²) in [6.45, 7) is 3.51. The summed E-state index contributed by atoms with van der Waals surface area (Å²) in [4.78, 5) is 13.6. The topological polar surface area (TPSA) is 50.8 Å². The van der Waals surface area contributed by atoms with Gasteiger partial charge in [0.05, 0.1) is 23.6 Å². The molecule has 1 N–H and O–H groups in total. The number of para-hydroxylation sites is 2. The fraction of sp³-hybridized carbons (Fsp3) is 0.533. The van der Waals surface area contributed by atoms with Crippen LogP contribution in [0.15, 0.2) is 24.3 Å². The minimum Gasteiger partial charge on any atom is -0.440 e. The Hall–Kier alpha value is -1.96. The van der Waals surface area contributed by atoms with Gasteiger partial charge in [0.2, 0.25) is 0 Å². The SMILES string of the molecule is C[C@H]1CN(c2ccccc2NC(=O)OCC(F)(F)F)C[C@H](C)O1. The van der Waals surface area contributed by atoms with Crippen LogP contribution in [0.3, 0.4) is 0 Å². The average molecular weight is 332 g/mol. The Morgan fingerprint density at radius 2 is 1.91 bits per heavy atom. The number of ether oxygens (including phenoxy) is 2. The highest BCUT2D eigenvalue weighted by molar-refractivity contribution is 5.89. The zero-order valence-electron chi connectivity index (χ0n) is 12.9. The number of hydrogen-bond donors (Lipinski definition) is 1. The number of nitrogens with one attached hydrogen (secondary N) is 1. The van der Waals surface area contributed by atoms with Gasteiger partial charge in [0.15, 0.2) is 6.61 Å². The van der Waals surface area contributed by atoms with Crippen molar-refractivity contribution < 1.29 is 27.4 Å². The van der Waals surface area contributed by atoms with E-state index in [-0.39, 0.29) is 12.2 Å². The van der Waals surface area contributed by atoms with Gasteiger partial charge in [-0.3, -0.25) is 5.32 Å². The van der Waals surface area contributed by atoms with Gasteiger partial charge in [0, 0.05) is 13.1 Å². The standard InChI is InChI=1S/C15H19F3N2O3/c1-10-7-20(8-11(2)23-10)13-6-4-3-5-12(13)19-14(21)22-9-15(16,17)18/h3-6,10-11H,7-9H2,1-2H3,(H,19,21)/t10-,11-/m0/s1. The van der Waals surface area contributed by atoms with E-state index in [0.717, 1.165) is 5.69 Å². The van der Waals surface area contributed by atoms with Gasteiger partial charge in [-0.2, -0.15) is 13.2 Å². The molecule has 2 atom stereocenters. The van der Waals surface area contributed by atoms with Gasteiger partial charge >= 0.3 is 12.3 Å². The number of amides is 1. The molecule has 0 saturated carbocycles. The molecule has 0 unspecified atom stereocenters. The predicted molar refractivity (Wildman–Crippen MR) is 79.7 cm³/mol. The van der Waals surface area contributed by atoms with E-state index in [0.29, 0.717) is 18.8 Å². The Labute approximate surface area is 132 Å². The molecule has 1 aromatic carbocycles. The number of benzene rings is 1. The zero-order valence-corrected chi connectivity index (χ0v) is 12.9. The summed E-state index contributed by atoms with van der Waals surface area (Å²) in [5.74, 6) is 0. The molecular weight excluding hydrogens is 313 g/mol. The van der Waals surface area contributed by atoms with Crippen LogP contribution in [0.2, 0.25) is 0 Å². The summed E-state index contributed by atoms with van der Waals surface area (Å²) in [6, 6.07) is 6.90. The third kappa shape index (κ3) is 5.31. The maximum atomic E-state index is 12.1. The van der Waals surface area contributed by atoms with Crippen molar-refractivity contribution in [3.05, 3.63) is 24.3 Å². The largest absolute Gasteiger partial charge is 0.440 e. The lowest BCUT2D eigenvalue weighted by atomic mass is 10.1. The maximum absolute atomic E-state index is 12.1. The second-order valence-electron chi connectivity index (χ2n) is 5.50. The van der Waals surface area contributed by atoms with E-state index in [1.54, 1.807) is 24.3 Å². The maximum Gasteiger partial charge on any atom is 0.422 e. The van der Waals surface area contributed by atoms with Crippen LogP contribution >= 0.6 is 0 Å². The van der Waals surface area contributed by atoms with Crippen LogP contribution in [0.4, 0.5) is 29.3 Å². The summed E-state index contributed by atoms with van der Waals surface area (Å²) in [6.07, 6.45) is -5.65. The van der Waals surface area contributed by atoms with Crippen molar-refractivity contribution >= 4 is 17.5 Å². The first-order valence-corrected chi connectivity index (χ1v) is 7.24. The second kappa shape index (κ2) is 7.08. The predicted octanol–water partition coefficient (Wildman–Crippen LogP) is 3.41. The van der Waals surface area contributed by atoms with Crippen molar-refractivity contribution in [2.24, 2.45) is 0 Å². The molecule has 1 fully saturated rings. The van der Waals surface area contributed by atoms with Crippen LogP contribution in [0.5, 0.6) is 0 Å². The third-order valence-electron chi connectivity index (χ3n) is 3.27. The molecule has 1 aromatic rings. The molecule has 8 heteroatoms. The lowest BCUT2D eigenvalue weighted by Gasteiger charge is -2.37. The monoisotopic (exact) mass is 332 g/mol. The number of alkyl halides is 3. The summed E-state index contributed by atoms with van der Waals surface area (Å²) >= 11 is 0. The number of morpholine rings is 1. The molecule has 128 valence electrons.